The number of hydrogen-bond donors (Lipinski definition) is 1. The Morgan fingerprint density at radius 1 is 1.32 bits per heavy atom. The molecule has 1 atom stereocenters. The van der Waals surface area contributed by atoms with Crippen molar-refractivity contribution >= 4 is 11.8 Å². The highest BCUT2D eigenvalue weighted by Crippen LogP contribution is 2.15. The van der Waals surface area contributed by atoms with Gasteiger partial charge in [0.25, 0.3) is 0 Å². The van der Waals surface area contributed by atoms with Crippen molar-refractivity contribution in [2.75, 3.05) is 6.54 Å². The first-order valence-corrected chi connectivity index (χ1v) is 8.64. The third-order valence-electron chi connectivity index (χ3n) is 4.81. The lowest BCUT2D eigenvalue weighted by molar-refractivity contribution is -0.133. The summed E-state index contributed by atoms with van der Waals surface area (Å²) in [4.78, 5) is 26.5. The third kappa shape index (κ3) is 4.07. The van der Waals surface area contributed by atoms with Crippen LogP contribution in [0.3, 0.4) is 0 Å². The predicted octanol–water partition coefficient (Wildman–Crippen LogP) is 1.58. The van der Waals surface area contributed by atoms with Crippen molar-refractivity contribution in [3.63, 3.8) is 0 Å². The Morgan fingerprint density at radius 2 is 2.08 bits per heavy atom. The van der Waals surface area contributed by atoms with E-state index in [0.717, 1.165) is 16.8 Å². The van der Waals surface area contributed by atoms with Gasteiger partial charge in [-0.25, -0.2) is 0 Å². The minimum Gasteiger partial charge on any atom is -0.344 e. The van der Waals surface area contributed by atoms with Crippen molar-refractivity contribution < 1.29 is 9.59 Å². The van der Waals surface area contributed by atoms with Crippen LogP contribution in [0.15, 0.2) is 36.5 Å². The molecule has 1 saturated heterocycles. The Balaban J connectivity index is 1.49. The van der Waals surface area contributed by atoms with E-state index in [4.69, 9.17) is 0 Å². The molecular weight excluding hydrogens is 316 g/mol. The number of hydrogen-bond acceptors (Lipinski definition) is 3. The number of aryl methyl sites for hydroxylation is 2. The number of carbonyl (C=O) groups excluding carboxylic acids is 2. The molecule has 0 aliphatic carbocycles. The number of benzene rings is 1. The second-order valence-corrected chi connectivity index (χ2v) is 6.53. The molecule has 2 aromatic rings. The van der Waals surface area contributed by atoms with Gasteiger partial charge in [-0.3, -0.25) is 14.3 Å². The lowest BCUT2D eigenvalue weighted by Crippen LogP contribution is -2.41. The largest absolute Gasteiger partial charge is 0.344 e. The summed E-state index contributed by atoms with van der Waals surface area (Å²) in [7, 11) is 1.89. The minimum absolute atomic E-state index is 0.00904. The fourth-order valence-electron chi connectivity index (χ4n) is 3.14. The molecule has 1 N–H and O–H groups in total. The van der Waals surface area contributed by atoms with Crippen LogP contribution >= 0.6 is 0 Å². The van der Waals surface area contributed by atoms with E-state index in [0.29, 0.717) is 32.4 Å². The molecular formula is C19H24N4O2. The van der Waals surface area contributed by atoms with E-state index < -0.39 is 6.04 Å². The Morgan fingerprint density at radius 3 is 2.76 bits per heavy atom. The number of likely N-dealkylation sites (tertiary alicyclic amines) is 1. The van der Waals surface area contributed by atoms with Gasteiger partial charge in [0.05, 0.1) is 6.20 Å². The van der Waals surface area contributed by atoms with Crippen LogP contribution in [0.4, 0.5) is 0 Å². The topological polar surface area (TPSA) is 67.2 Å². The maximum Gasteiger partial charge on any atom is 0.245 e. The molecule has 132 valence electrons. The Labute approximate surface area is 147 Å². The molecule has 2 heterocycles. The number of nitrogens with zero attached hydrogens (tertiary/aromatic N) is 3. The molecule has 1 aliphatic rings. The van der Waals surface area contributed by atoms with Crippen molar-refractivity contribution in [2.45, 2.75) is 38.8 Å². The zero-order chi connectivity index (χ0) is 17.8. The quantitative estimate of drug-likeness (QED) is 0.868. The van der Waals surface area contributed by atoms with Gasteiger partial charge in [-0.1, -0.05) is 30.3 Å². The van der Waals surface area contributed by atoms with E-state index in [9.17, 15) is 9.59 Å². The summed E-state index contributed by atoms with van der Waals surface area (Å²) < 4.78 is 1.80. The lowest BCUT2D eigenvalue weighted by Gasteiger charge is -2.17. The highest BCUT2D eigenvalue weighted by molar-refractivity contribution is 5.89. The summed E-state index contributed by atoms with van der Waals surface area (Å²) in [5.41, 5.74) is 3.25. The van der Waals surface area contributed by atoms with Crippen molar-refractivity contribution in [1.82, 2.24) is 20.0 Å². The van der Waals surface area contributed by atoms with Crippen molar-refractivity contribution in [1.29, 1.82) is 0 Å². The molecule has 3 rings (SSSR count). The van der Waals surface area contributed by atoms with Crippen LogP contribution in [-0.2, 0) is 29.6 Å². The van der Waals surface area contributed by atoms with Crippen LogP contribution in [-0.4, -0.2) is 39.1 Å². The van der Waals surface area contributed by atoms with Crippen molar-refractivity contribution in [2.24, 2.45) is 7.05 Å². The maximum atomic E-state index is 12.5. The lowest BCUT2D eigenvalue weighted by atomic mass is 10.1. The number of rotatable bonds is 6. The SMILES string of the molecule is Cc1c(CCC(=O)N[C@@H]2CCN(Cc3ccccc3)C2=O)cnn1C. The number of amides is 2. The highest BCUT2D eigenvalue weighted by atomic mass is 16.2. The van der Waals surface area contributed by atoms with Gasteiger partial charge in [0, 0.05) is 32.3 Å². The van der Waals surface area contributed by atoms with Gasteiger partial charge >= 0.3 is 0 Å². The van der Waals surface area contributed by atoms with Crippen LogP contribution < -0.4 is 5.32 Å². The molecule has 6 nitrogen and oxygen atoms in total. The summed E-state index contributed by atoms with van der Waals surface area (Å²) >= 11 is 0. The minimum atomic E-state index is -0.397. The van der Waals surface area contributed by atoms with Crippen LogP contribution in [0, 0.1) is 6.92 Å². The van der Waals surface area contributed by atoms with Gasteiger partial charge in [-0.2, -0.15) is 5.10 Å². The first kappa shape index (κ1) is 17.2. The summed E-state index contributed by atoms with van der Waals surface area (Å²) in [5, 5.41) is 7.07. The van der Waals surface area contributed by atoms with E-state index in [-0.39, 0.29) is 11.8 Å². The summed E-state index contributed by atoms with van der Waals surface area (Å²) in [6.07, 6.45) is 3.48. The average molecular weight is 340 g/mol. The maximum absolute atomic E-state index is 12.5. The smallest absolute Gasteiger partial charge is 0.245 e. The average Bonchev–Trinajstić information content (AvgIpc) is 3.11. The first-order chi connectivity index (χ1) is 12.0. The van der Waals surface area contributed by atoms with Crippen molar-refractivity contribution in [3.8, 4) is 0 Å². The van der Waals surface area contributed by atoms with Crippen LogP contribution in [0.5, 0.6) is 0 Å². The van der Waals surface area contributed by atoms with Gasteiger partial charge in [-0.05, 0) is 30.9 Å². The van der Waals surface area contributed by atoms with Crippen molar-refractivity contribution in [3.05, 3.63) is 53.3 Å². The molecule has 0 radical (unpaired) electrons. The number of carbonyl (C=O) groups is 2. The third-order valence-corrected chi connectivity index (χ3v) is 4.81. The molecule has 1 aromatic carbocycles. The Bertz CT molecular complexity index is 754. The fourth-order valence-corrected chi connectivity index (χ4v) is 3.14. The molecule has 0 bridgehead atoms. The van der Waals surface area contributed by atoms with E-state index in [1.807, 2.05) is 49.2 Å². The van der Waals surface area contributed by atoms with Gasteiger partial charge in [-0.15, -0.1) is 0 Å². The van der Waals surface area contributed by atoms with E-state index in [2.05, 4.69) is 10.4 Å². The van der Waals surface area contributed by atoms with Gasteiger partial charge in [0.1, 0.15) is 6.04 Å². The molecule has 25 heavy (non-hydrogen) atoms. The summed E-state index contributed by atoms with van der Waals surface area (Å²) in [6, 6.07) is 9.52. The van der Waals surface area contributed by atoms with E-state index >= 15 is 0 Å². The Kier molecular flexibility index (Phi) is 5.16. The standard InChI is InChI=1S/C19H24N4O2/c1-14-16(12-20-22(14)2)8-9-18(24)21-17-10-11-23(19(17)25)13-15-6-4-3-5-7-15/h3-7,12,17H,8-11,13H2,1-2H3,(H,21,24)/t17-/m1/s1. The first-order valence-electron chi connectivity index (χ1n) is 8.64. The second kappa shape index (κ2) is 7.51. The zero-order valence-electron chi connectivity index (χ0n) is 14.7. The zero-order valence-corrected chi connectivity index (χ0v) is 14.7. The number of aromatic nitrogens is 2. The summed E-state index contributed by atoms with van der Waals surface area (Å²) in [5.74, 6) is -0.0714. The second-order valence-electron chi connectivity index (χ2n) is 6.53. The molecule has 6 heteroatoms. The molecule has 0 unspecified atom stereocenters. The molecule has 0 spiro atoms. The van der Waals surface area contributed by atoms with Gasteiger partial charge in [0.2, 0.25) is 11.8 Å². The summed E-state index contributed by atoms with van der Waals surface area (Å²) in [6.45, 7) is 3.27. The van der Waals surface area contributed by atoms with Crippen LogP contribution in [0.1, 0.15) is 29.7 Å². The highest BCUT2D eigenvalue weighted by Gasteiger charge is 2.32. The van der Waals surface area contributed by atoms with Crippen LogP contribution in [0.2, 0.25) is 0 Å². The fraction of sp³-hybridized carbons (Fsp3) is 0.421. The number of nitrogens with one attached hydrogen (secondary N) is 1. The van der Waals surface area contributed by atoms with Crippen LogP contribution in [0.25, 0.3) is 0 Å². The predicted molar refractivity (Wildman–Crippen MR) is 94.7 cm³/mol. The molecule has 1 fully saturated rings. The van der Waals surface area contributed by atoms with E-state index in [1.165, 1.54) is 0 Å². The monoisotopic (exact) mass is 340 g/mol. The van der Waals surface area contributed by atoms with E-state index in [1.54, 1.807) is 10.9 Å². The van der Waals surface area contributed by atoms with Gasteiger partial charge < -0.3 is 10.2 Å². The van der Waals surface area contributed by atoms with Gasteiger partial charge in [0.15, 0.2) is 0 Å². The normalized spacial score (nSPS) is 17.1. The Hall–Kier alpha value is -2.63. The molecule has 0 saturated carbocycles. The molecule has 1 aromatic heterocycles. The molecule has 2 amide bonds. The molecule has 1 aliphatic heterocycles.